The number of methoxy groups -OCH3 is 1. The minimum atomic E-state index is -0.495. The fourth-order valence-corrected chi connectivity index (χ4v) is 3.40. The molecule has 0 bridgehead atoms. The van der Waals surface area contributed by atoms with Gasteiger partial charge in [-0.1, -0.05) is 11.3 Å². The van der Waals surface area contributed by atoms with Crippen LogP contribution in [-0.2, 0) is 4.74 Å². The maximum absolute atomic E-state index is 11.4. The van der Waals surface area contributed by atoms with Crippen molar-refractivity contribution in [3.8, 4) is 16.3 Å². The lowest BCUT2D eigenvalue weighted by Crippen LogP contribution is -2.06. The van der Waals surface area contributed by atoms with Crippen LogP contribution >= 0.6 is 11.3 Å². The van der Waals surface area contributed by atoms with E-state index in [4.69, 9.17) is 9.47 Å². The molecule has 0 saturated heterocycles. The first-order valence-electron chi connectivity index (χ1n) is 8.67. The number of thiazole rings is 1. The Morgan fingerprint density at radius 1 is 1.24 bits per heavy atom. The fourth-order valence-electron chi connectivity index (χ4n) is 2.51. The molecule has 0 fully saturated rings. The molecule has 0 atom stereocenters. The zero-order valence-electron chi connectivity index (χ0n) is 16.1. The van der Waals surface area contributed by atoms with Gasteiger partial charge in [-0.3, -0.25) is 10.1 Å². The monoisotopic (exact) mass is 416 g/mol. The van der Waals surface area contributed by atoms with Gasteiger partial charge < -0.3 is 20.1 Å². The highest BCUT2D eigenvalue weighted by atomic mass is 32.1. The summed E-state index contributed by atoms with van der Waals surface area (Å²) >= 11 is 1.49. The lowest BCUT2D eigenvalue weighted by molar-refractivity contribution is -0.385. The molecule has 0 aliphatic rings. The molecule has 152 valence electrons. The number of anilines is 3. The molecule has 0 spiro atoms. The second-order valence-corrected chi connectivity index (χ2v) is 6.85. The number of hydrogen-bond acceptors (Lipinski definition) is 10. The van der Waals surface area contributed by atoms with E-state index in [2.05, 4.69) is 25.6 Å². The molecule has 0 saturated carbocycles. The van der Waals surface area contributed by atoms with Gasteiger partial charge in [0.05, 0.1) is 27.8 Å². The summed E-state index contributed by atoms with van der Waals surface area (Å²) in [5.41, 5.74) is 1.90. The van der Waals surface area contributed by atoms with Crippen LogP contribution in [-0.4, -0.2) is 47.2 Å². The van der Waals surface area contributed by atoms with Crippen molar-refractivity contribution in [3.63, 3.8) is 0 Å². The van der Waals surface area contributed by atoms with Crippen LogP contribution in [0.2, 0.25) is 0 Å². The highest BCUT2D eigenvalue weighted by molar-refractivity contribution is 7.19. The van der Waals surface area contributed by atoms with E-state index in [1.54, 1.807) is 18.3 Å². The first-order valence-corrected chi connectivity index (χ1v) is 9.49. The predicted molar refractivity (Wildman–Crippen MR) is 111 cm³/mol. The van der Waals surface area contributed by atoms with Crippen LogP contribution < -0.4 is 15.4 Å². The first-order chi connectivity index (χ1) is 14.0. The number of aromatic nitrogens is 3. The number of nitrogens with zero attached hydrogens (tertiary/aromatic N) is 4. The molecule has 2 N–H and O–H groups in total. The molecule has 2 heterocycles. The normalized spacial score (nSPS) is 10.6. The lowest BCUT2D eigenvalue weighted by atomic mass is 10.2. The standard InChI is InChI=1S/C18H20N6O4S/c1-11-16(29-18(19-2)21-11)13-6-7-20-17(23-13)22-12-4-5-15(28-9-8-27-3)14(10-12)24(25)26/h4-7,10H,8-9H2,1-3H3,(H,19,21)(H,20,22,23). The molecule has 29 heavy (non-hydrogen) atoms. The van der Waals surface area contributed by atoms with Gasteiger partial charge in [-0.2, -0.15) is 0 Å². The Morgan fingerprint density at radius 2 is 2.07 bits per heavy atom. The third kappa shape index (κ3) is 4.95. The average Bonchev–Trinajstić information content (AvgIpc) is 3.10. The van der Waals surface area contributed by atoms with E-state index in [9.17, 15) is 10.1 Å². The Morgan fingerprint density at radius 3 is 2.76 bits per heavy atom. The Bertz CT molecular complexity index is 1010. The van der Waals surface area contributed by atoms with E-state index in [-0.39, 0.29) is 18.0 Å². The van der Waals surface area contributed by atoms with Crippen LogP contribution in [0.5, 0.6) is 5.75 Å². The van der Waals surface area contributed by atoms with Crippen LogP contribution in [0.4, 0.5) is 22.5 Å². The highest BCUT2D eigenvalue weighted by Crippen LogP contribution is 2.33. The number of rotatable bonds is 9. The summed E-state index contributed by atoms with van der Waals surface area (Å²) in [7, 11) is 3.34. The summed E-state index contributed by atoms with van der Waals surface area (Å²) in [4.78, 5) is 24.9. The number of hydrogen-bond donors (Lipinski definition) is 2. The van der Waals surface area contributed by atoms with Gasteiger partial charge in [0, 0.05) is 32.1 Å². The van der Waals surface area contributed by atoms with Crippen molar-refractivity contribution in [1.29, 1.82) is 0 Å². The van der Waals surface area contributed by atoms with Gasteiger partial charge in [0.25, 0.3) is 0 Å². The molecular weight excluding hydrogens is 396 g/mol. The number of ether oxygens (including phenoxy) is 2. The van der Waals surface area contributed by atoms with E-state index >= 15 is 0 Å². The smallest absolute Gasteiger partial charge is 0.312 e. The molecule has 11 heteroatoms. The van der Waals surface area contributed by atoms with Crippen LogP contribution in [0, 0.1) is 17.0 Å². The highest BCUT2D eigenvalue weighted by Gasteiger charge is 2.17. The minimum Gasteiger partial charge on any atom is -0.484 e. The maximum Gasteiger partial charge on any atom is 0.312 e. The van der Waals surface area contributed by atoms with Crippen molar-refractivity contribution < 1.29 is 14.4 Å². The van der Waals surface area contributed by atoms with Crippen LogP contribution in [0.3, 0.4) is 0 Å². The molecular formula is C18H20N6O4S. The van der Waals surface area contributed by atoms with Crippen molar-refractivity contribution in [2.45, 2.75) is 6.92 Å². The third-order valence-electron chi connectivity index (χ3n) is 3.86. The van der Waals surface area contributed by atoms with Crippen molar-refractivity contribution in [3.05, 3.63) is 46.3 Å². The zero-order valence-corrected chi connectivity index (χ0v) is 16.9. The van der Waals surface area contributed by atoms with Crippen LogP contribution in [0.25, 0.3) is 10.6 Å². The summed E-state index contributed by atoms with van der Waals surface area (Å²) < 4.78 is 10.3. The van der Waals surface area contributed by atoms with E-state index in [1.165, 1.54) is 30.6 Å². The average molecular weight is 416 g/mol. The van der Waals surface area contributed by atoms with Crippen molar-refractivity contribution >= 4 is 33.8 Å². The second-order valence-electron chi connectivity index (χ2n) is 5.85. The molecule has 0 amide bonds. The number of aryl methyl sites for hydroxylation is 1. The van der Waals surface area contributed by atoms with Gasteiger partial charge in [0.2, 0.25) is 5.95 Å². The molecule has 0 unspecified atom stereocenters. The van der Waals surface area contributed by atoms with E-state index in [1.807, 2.05) is 14.0 Å². The van der Waals surface area contributed by atoms with Crippen molar-refractivity contribution in [2.24, 2.45) is 0 Å². The second kappa shape index (κ2) is 9.26. The Hall–Kier alpha value is -3.31. The van der Waals surface area contributed by atoms with Gasteiger partial charge in [-0.25, -0.2) is 15.0 Å². The topological polar surface area (TPSA) is 124 Å². The molecule has 0 radical (unpaired) electrons. The summed E-state index contributed by atoms with van der Waals surface area (Å²) in [5, 5.41) is 18.2. The number of nitro groups is 1. The number of benzene rings is 1. The molecule has 1 aromatic carbocycles. The molecule has 10 nitrogen and oxygen atoms in total. The fraction of sp³-hybridized carbons (Fsp3) is 0.278. The molecule has 2 aromatic heterocycles. The summed E-state index contributed by atoms with van der Waals surface area (Å²) in [6.45, 7) is 2.47. The summed E-state index contributed by atoms with van der Waals surface area (Å²) in [5.74, 6) is 0.496. The Balaban J connectivity index is 1.83. The first kappa shape index (κ1) is 20.4. The molecule has 3 rings (SSSR count). The Kier molecular flexibility index (Phi) is 6.52. The van der Waals surface area contributed by atoms with Crippen LogP contribution in [0.1, 0.15) is 5.69 Å². The van der Waals surface area contributed by atoms with Crippen LogP contribution in [0.15, 0.2) is 30.5 Å². The number of nitrogens with one attached hydrogen (secondary N) is 2. The predicted octanol–water partition coefficient (Wildman–Crippen LogP) is 3.63. The summed E-state index contributed by atoms with van der Waals surface area (Å²) in [6, 6.07) is 6.38. The molecule has 0 aliphatic heterocycles. The van der Waals surface area contributed by atoms with Gasteiger partial charge in [0.1, 0.15) is 6.61 Å². The van der Waals surface area contributed by atoms with Crippen molar-refractivity contribution in [1.82, 2.24) is 15.0 Å². The third-order valence-corrected chi connectivity index (χ3v) is 5.05. The van der Waals surface area contributed by atoms with E-state index in [0.717, 1.165) is 15.7 Å². The minimum absolute atomic E-state index is 0.153. The van der Waals surface area contributed by atoms with E-state index < -0.39 is 4.92 Å². The largest absolute Gasteiger partial charge is 0.484 e. The van der Waals surface area contributed by atoms with E-state index in [0.29, 0.717) is 23.9 Å². The summed E-state index contributed by atoms with van der Waals surface area (Å²) in [6.07, 6.45) is 1.62. The number of nitro benzene ring substituents is 1. The van der Waals surface area contributed by atoms with Gasteiger partial charge in [0.15, 0.2) is 10.9 Å². The Labute approximate surface area is 171 Å². The maximum atomic E-state index is 11.4. The van der Waals surface area contributed by atoms with Gasteiger partial charge in [-0.05, 0) is 25.1 Å². The van der Waals surface area contributed by atoms with Gasteiger partial charge in [-0.15, -0.1) is 0 Å². The lowest BCUT2D eigenvalue weighted by Gasteiger charge is -2.09. The SMILES string of the molecule is CNc1nc(C)c(-c2ccnc(Nc3ccc(OCCOC)c([N+](=O)[O-])c3)n2)s1. The quantitative estimate of drug-likeness (QED) is 0.305. The molecule has 3 aromatic rings. The zero-order chi connectivity index (χ0) is 20.8. The molecule has 0 aliphatic carbocycles. The van der Waals surface area contributed by atoms with Gasteiger partial charge >= 0.3 is 5.69 Å². The van der Waals surface area contributed by atoms with Crippen molar-refractivity contribution in [2.75, 3.05) is 38.0 Å².